The van der Waals surface area contributed by atoms with Crippen molar-refractivity contribution in [2.24, 2.45) is 0 Å². The first kappa shape index (κ1) is 15.9. The van der Waals surface area contributed by atoms with E-state index in [1.165, 1.54) is 5.56 Å². The number of hydrogen-bond acceptors (Lipinski definition) is 1. The van der Waals surface area contributed by atoms with Gasteiger partial charge in [-0.25, -0.2) is 4.68 Å². The van der Waals surface area contributed by atoms with Crippen LogP contribution in [0.3, 0.4) is 0 Å². The van der Waals surface area contributed by atoms with E-state index in [4.69, 9.17) is 5.10 Å². The van der Waals surface area contributed by atoms with Crippen LogP contribution in [-0.2, 0) is 0 Å². The maximum absolute atomic E-state index is 4.93. The van der Waals surface area contributed by atoms with E-state index in [9.17, 15) is 0 Å². The maximum atomic E-state index is 4.93. The van der Waals surface area contributed by atoms with Gasteiger partial charge in [0, 0.05) is 11.1 Å². The van der Waals surface area contributed by atoms with Crippen molar-refractivity contribution in [2.45, 2.75) is 6.92 Å². The molecule has 0 spiro atoms. The third-order valence-corrected chi connectivity index (χ3v) is 4.95. The lowest BCUT2D eigenvalue weighted by Crippen LogP contribution is -1.99. The van der Waals surface area contributed by atoms with Crippen LogP contribution in [0.1, 0.15) is 5.56 Å². The van der Waals surface area contributed by atoms with Crippen molar-refractivity contribution in [3.8, 4) is 28.2 Å². The zero-order chi connectivity index (χ0) is 17.2. The zero-order valence-electron chi connectivity index (χ0n) is 13.9. The van der Waals surface area contributed by atoms with Gasteiger partial charge in [0.05, 0.1) is 15.9 Å². The second-order valence-corrected chi connectivity index (χ2v) is 6.78. The van der Waals surface area contributed by atoms with Gasteiger partial charge in [-0.1, -0.05) is 78.4 Å². The Morgan fingerprint density at radius 3 is 1.88 bits per heavy atom. The third kappa shape index (κ3) is 3.03. The molecule has 2 nitrogen and oxygen atoms in total. The largest absolute Gasteiger partial charge is 0.231 e. The molecule has 0 aliphatic carbocycles. The van der Waals surface area contributed by atoms with Gasteiger partial charge in [-0.3, -0.25) is 0 Å². The first-order valence-corrected chi connectivity index (χ1v) is 9.00. The summed E-state index contributed by atoms with van der Waals surface area (Å²) in [4.78, 5) is 0. The normalized spacial score (nSPS) is 10.8. The Balaban J connectivity index is 1.97. The molecule has 0 fully saturated rings. The summed E-state index contributed by atoms with van der Waals surface area (Å²) in [5.74, 6) is 0. The Kier molecular flexibility index (Phi) is 4.24. The van der Waals surface area contributed by atoms with Gasteiger partial charge in [-0.05, 0) is 35.0 Å². The quantitative estimate of drug-likeness (QED) is 0.403. The summed E-state index contributed by atoms with van der Waals surface area (Å²) in [6, 6.07) is 29.1. The molecule has 4 rings (SSSR count). The van der Waals surface area contributed by atoms with Gasteiger partial charge in [0.25, 0.3) is 0 Å². The molecular formula is C22H17BrN2. The minimum atomic E-state index is 0.944. The van der Waals surface area contributed by atoms with Gasteiger partial charge < -0.3 is 0 Å². The molecule has 1 heterocycles. The molecule has 122 valence electrons. The molecule has 0 saturated heterocycles. The first-order chi connectivity index (χ1) is 12.2. The fourth-order valence-corrected chi connectivity index (χ4v) is 3.60. The molecular weight excluding hydrogens is 372 g/mol. The lowest BCUT2D eigenvalue weighted by atomic mass is 10.1. The number of aryl methyl sites for hydroxylation is 1. The van der Waals surface area contributed by atoms with Crippen LogP contribution >= 0.6 is 15.9 Å². The molecule has 0 N–H and O–H groups in total. The van der Waals surface area contributed by atoms with Crippen LogP contribution in [0.5, 0.6) is 0 Å². The van der Waals surface area contributed by atoms with Gasteiger partial charge in [0.1, 0.15) is 5.69 Å². The molecule has 0 bridgehead atoms. The summed E-state index contributed by atoms with van der Waals surface area (Å²) in [5.41, 5.74) is 6.51. The van der Waals surface area contributed by atoms with Crippen molar-refractivity contribution in [3.63, 3.8) is 0 Å². The molecule has 0 unspecified atom stereocenters. The smallest absolute Gasteiger partial charge is 0.108 e. The van der Waals surface area contributed by atoms with E-state index in [1.807, 2.05) is 28.9 Å². The fraction of sp³-hybridized carbons (Fsp3) is 0.0455. The van der Waals surface area contributed by atoms with E-state index < -0.39 is 0 Å². The highest BCUT2D eigenvalue weighted by molar-refractivity contribution is 9.10. The van der Waals surface area contributed by atoms with Gasteiger partial charge in [0.2, 0.25) is 0 Å². The monoisotopic (exact) mass is 388 g/mol. The van der Waals surface area contributed by atoms with Crippen molar-refractivity contribution in [2.75, 3.05) is 0 Å². The lowest BCUT2D eigenvalue weighted by Gasteiger charge is -2.08. The molecule has 0 aliphatic heterocycles. The molecule has 0 amide bonds. The number of aromatic nitrogens is 2. The van der Waals surface area contributed by atoms with Crippen LogP contribution in [0.4, 0.5) is 0 Å². The Hall–Kier alpha value is -2.65. The molecule has 1 aromatic heterocycles. The molecule has 4 aromatic rings. The zero-order valence-corrected chi connectivity index (χ0v) is 15.4. The first-order valence-electron chi connectivity index (χ1n) is 8.20. The molecule has 0 radical (unpaired) electrons. The van der Waals surface area contributed by atoms with Crippen LogP contribution in [0, 0.1) is 6.92 Å². The summed E-state index contributed by atoms with van der Waals surface area (Å²) in [5, 5.41) is 4.93. The third-order valence-electron chi connectivity index (χ3n) is 4.20. The van der Waals surface area contributed by atoms with Crippen LogP contribution in [0.2, 0.25) is 0 Å². The van der Waals surface area contributed by atoms with E-state index in [0.29, 0.717) is 0 Å². The Labute approximate surface area is 155 Å². The second kappa shape index (κ2) is 6.69. The van der Waals surface area contributed by atoms with E-state index in [0.717, 1.165) is 32.7 Å². The highest BCUT2D eigenvalue weighted by Crippen LogP contribution is 2.38. The Morgan fingerprint density at radius 2 is 1.28 bits per heavy atom. The van der Waals surface area contributed by atoms with Crippen LogP contribution in [-0.4, -0.2) is 9.78 Å². The van der Waals surface area contributed by atoms with Crippen molar-refractivity contribution in [1.82, 2.24) is 9.78 Å². The van der Waals surface area contributed by atoms with Crippen LogP contribution < -0.4 is 0 Å². The summed E-state index contributed by atoms with van der Waals surface area (Å²) in [6.07, 6.45) is 0. The molecule has 0 atom stereocenters. The number of halogens is 1. The number of nitrogens with zero attached hydrogens (tertiary/aromatic N) is 2. The van der Waals surface area contributed by atoms with E-state index in [-0.39, 0.29) is 0 Å². The second-order valence-electron chi connectivity index (χ2n) is 5.99. The highest BCUT2D eigenvalue weighted by Gasteiger charge is 2.19. The molecule has 3 heteroatoms. The molecule has 0 aliphatic rings. The predicted molar refractivity (Wildman–Crippen MR) is 107 cm³/mol. The summed E-state index contributed by atoms with van der Waals surface area (Å²) < 4.78 is 3.02. The average Bonchev–Trinajstić information content (AvgIpc) is 3.01. The minimum absolute atomic E-state index is 0.944. The van der Waals surface area contributed by atoms with Gasteiger partial charge in [-0.15, -0.1) is 0 Å². The molecule has 3 aromatic carbocycles. The van der Waals surface area contributed by atoms with Crippen LogP contribution in [0.25, 0.3) is 28.2 Å². The van der Waals surface area contributed by atoms with E-state index >= 15 is 0 Å². The average molecular weight is 389 g/mol. The van der Waals surface area contributed by atoms with Gasteiger partial charge in [-0.2, -0.15) is 5.10 Å². The summed E-state index contributed by atoms with van der Waals surface area (Å²) >= 11 is 3.80. The van der Waals surface area contributed by atoms with E-state index in [1.54, 1.807) is 0 Å². The van der Waals surface area contributed by atoms with Crippen molar-refractivity contribution in [1.29, 1.82) is 0 Å². The standard InChI is InChI=1S/C22H17BrN2/c1-16-12-14-19(15-13-16)25-22(18-10-6-3-7-11-18)20(23)21(24-25)17-8-4-2-5-9-17/h2-15H,1H3. The van der Waals surface area contributed by atoms with Crippen LogP contribution in [0.15, 0.2) is 89.4 Å². The number of rotatable bonds is 3. The SMILES string of the molecule is Cc1ccc(-n2nc(-c3ccccc3)c(Br)c2-c2ccccc2)cc1. The topological polar surface area (TPSA) is 17.8 Å². The number of hydrogen-bond donors (Lipinski definition) is 0. The van der Waals surface area contributed by atoms with Crippen molar-refractivity contribution >= 4 is 15.9 Å². The van der Waals surface area contributed by atoms with Gasteiger partial charge >= 0.3 is 0 Å². The van der Waals surface area contributed by atoms with Crippen molar-refractivity contribution in [3.05, 3.63) is 95.0 Å². The minimum Gasteiger partial charge on any atom is -0.231 e. The Bertz CT molecular complexity index is 988. The highest BCUT2D eigenvalue weighted by atomic mass is 79.9. The van der Waals surface area contributed by atoms with E-state index in [2.05, 4.69) is 83.5 Å². The predicted octanol–water partition coefficient (Wildman–Crippen LogP) is 6.28. The summed E-state index contributed by atoms with van der Waals surface area (Å²) in [7, 11) is 0. The maximum Gasteiger partial charge on any atom is 0.108 e. The fourth-order valence-electron chi connectivity index (χ4n) is 2.90. The lowest BCUT2D eigenvalue weighted by molar-refractivity contribution is 0.891. The van der Waals surface area contributed by atoms with Crippen molar-refractivity contribution < 1.29 is 0 Å². The Morgan fingerprint density at radius 1 is 0.720 bits per heavy atom. The summed E-state index contributed by atoms with van der Waals surface area (Å²) in [6.45, 7) is 2.09. The molecule has 0 saturated carbocycles. The van der Waals surface area contributed by atoms with Gasteiger partial charge in [0.15, 0.2) is 0 Å². The number of benzene rings is 3. The molecule has 25 heavy (non-hydrogen) atoms.